The molecule has 1 aliphatic heterocycles. The van der Waals surface area contributed by atoms with E-state index in [1.807, 2.05) is 35.2 Å². The van der Waals surface area contributed by atoms with E-state index in [4.69, 9.17) is 28.1 Å². The van der Waals surface area contributed by atoms with Crippen LogP contribution >= 0.6 is 11.6 Å². The second-order valence-corrected chi connectivity index (χ2v) is 10.4. The summed E-state index contributed by atoms with van der Waals surface area (Å²) in [6.07, 6.45) is 4.61. The molecule has 2 aromatic heterocycles. The lowest BCUT2D eigenvalue weighted by Crippen LogP contribution is -2.42. The van der Waals surface area contributed by atoms with E-state index in [2.05, 4.69) is 44.1 Å². The Morgan fingerprint density at radius 3 is 2.46 bits per heavy atom. The number of nitrogens with two attached hydrogens (primary N) is 2. The number of aryl methyl sites for hydroxylation is 1. The third-order valence-corrected chi connectivity index (χ3v) is 7.83. The summed E-state index contributed by atoms with van der Waals surface area (Å²) in [5.41, 5.74) is 14.5. The quantitative estimate of drug-likeness (QED) is 0.273. The molecule has 5 rings (SSSR count). The lowest BCUT2D eigenvalue weighted by Gasteiger charge is -2.41. The number of nitrogen functional groups attached to an aromatic ring is 2. The average Bonchev–Trinajstić information content (AvgIpc) is 3.30. The first kappa shape index (κ1) is 26.4. The number of imidazole rings is 1. The van der Waals surface area contributed by atoms with Gasteiger partial charge in [0.2, 0.25) is 6.41 Å². The lowest BCUT2D eigenvalue weighted by atomic mass is 9.74. The summed E-state index contributed by atoms with van der Waals surface area (Å²) in [4.78, 5) is 39.0. The van der Waals surface area contributed by atoms with Crippen molar-refractivity contribution in [3.63, 3.8) is 0 Å². The van der Waals surface area contributed by atoms with Crippen molar-refractivity contribution in [2.24, 2.45) is 5.41 Å². The molecule has 10 nitrogen and oxygen atoms in total. The average molecular weight is 547 g/mol. The van der Waals surface area contributed by atoms with Gasteiger partial charge in [0.25, 0.3) is 5.91 Å². The molecule has 0 bridgehead atoms. The Labute approximate surface area is 231 Å². The van der Waals surface area contributed by atoms with Gasteiger partial charge >= 0.3 is 0 Å². The molecule has 0 atom stereocenters. The molecule has 1 aliphatic rings. The number of nitrogens with zero attached hydrogens (tertiary/aromatic N) is 5. The summed E-state index contributed by atoms with van der Waals surface area (Å²) in [6, 6.07) is 18.4. The highest BCUT2D eigenvalue weighted by Gasteiger charge is 2.35. The predicted octanol–water partition coefficient (Wildman–Crippen LogP) is 3.45. The van der Waals surface area contributed by atoms with Gasteiger partial charge in [-0.3, -0.25) is 9.59 Å². The molecule has 0 saturated carbocycles. The van der Waals surface area contributed by atoms with E-state index in [0.29, 0.717) is 19.6 Å². The first-order chi connectivity index (χ1) is 18.9. The van der Waals surface area contributed by atoms with Crippen LogP contribution in [0.4, 0.5) is 11.6 Å². The van der Waals surface area contributed by atoms with Crippen molar-refractivity contribution in [2.45, 2.75) is 38.8 Å². The molecule has 2 aromatic carbocycles. The van der Waals surface area contributed by atoms with Gasteiger partial charge in [-0.25, -0.2) is 15.0 Å². The van der Waals surface area contributed by atoms with Crippen LogP contribution in [0.25, 0.3) is 11.0 Å². The van der Waals surface area contributed by atoms with Gasteiger partial charge in [-0.05, 0) is 48.8 Å². The number of rotatable bonds is 9. The summed E-state index contributed by atoms with van der Waals surface area (Å²) in [7, 11) is 0. The normalized spacial score (nSPS) is 14.8. The summed E-state index contributed by atoms with van der Waals surface area (Å²) in [6.45, 7) is 2.30. The second kappa shape index (κ2) is 11.3. The standard InChI is InChI=1S/C28H31ClN8O2/c29-24-26(31)35-25(30)23(34-24)27(39)32-16-22-33-20-8-4-5-9-21(20)37(22)17-28(12-14-36(18-38)15-13-28)11-10-19-6-2-1-3-7-19/h1-9,18H,10-17H2,(H,32,39)(H4,30,31,35). The third kappa shape index (κ3) is 5.80. The van der Waals surface area contributed by atoms with E-state index in [1.54, 1.807) is 0 Å². The Hall–Kier alpha value is -4.18. The number of likely N-dealkylation sites (tertiary alicyclic amines) is 1. The molecule has 4 aromatic rings. The van der Waals surface area contributed by atoms with E-state index in [1.165, 1.54) is 5.56 Å². The largest absolute Gasteiger partial charge is 0.382 e. The van der Waals surface area contributed by atoms with Crippen molar-refractivity contribution in [3.8, 4) is 0 Å². The minimum absolute atomic E-state index is 0.0334. The van der Waals surface area contributed by atoms with E-state index >= 15 is 0 Å². The van der Waals surface area contributed by atoms with Crippen LogP contribution in [0.5, 0.6) is 0 Å². The summed E-state index contributed by atoms with van der Waals surface area (Å²) >= 11 is 5.97. The van der Waals surface area contributed by atoms with Crippen LogP contribution in [0, 0.1) is 5.41 Å². The molecular formula is C28H31ClN8O2. The van der Waals surface area contributed by atoms with Crippen molar-refractivity contribution in [1.82, 2.24) is 29.7 Å². The van der Waals surface area contributed by atoms with Crippen LogP contribution in [0.1, 0.15) is 41.1 Å². The molecule has 0 aliphatic carbocycles. The van der Waals surface area contributed by atoms with E-state index in [0.717, 1.165) is 49.0 Å². The monoisotopic (exact) mass is 546 g/mol. The maximum absolute atomic E-state index is 12.9. The zero-order valence-electron chi connectivity index (χ0n) is 21.5. The minimum Gasteiger partial charge on any atom is -0.382 e. The molecule has 0 spiro atoms. The van der Waals surface area contributed by atoms with Crippen LogP contribution in [0.15, 0.2) is 54.6 Å². The van der Waals surface area contributed by atoms with Crippen molar-refractivity contribution in [3.05, 3.63) is 76.8 Å². The Balaban J connectivity index is 1.42. The Bertz CT molecular complexity index is 1480. The third-order valence-electron chi connectivity index (χ3n) is 7.55. The molecular weight excluding hydrogens is 516 g/mol. The van der Waals surface area contributed by atoms with Gasteiger partial charge in [-0.2, -0.15) is 0 Å². The fourth-order valence-electron chi connectivity index (χ4n) is 5.27. The Kier molecular flexibility index (Phi) is 7.65. The fourth-order valence-corrected chi connectivity index (χ4v) is 5.40. The van der Waals surface area contributed by atoms with Crippen LogP contribution in [-0.4, -0.2) is 49.8 Å². The number of fused-ring (bicyclic) bond motifs is 1. The van der Waals surface area contributed by atoms with E-state index in [9.17, 15) is 9.59 Å². The summed E-state index contributed by atoms with van der Waals surface area (Å²) in [5.74, 6) is 0.0757. The molecule has 0 unspecified atom stereocenters. The van der Waals surface area contributed by atoms with Crippen LogP contribution < -0.4 is 16.8 Å². The number of nitrogens with one attached hydrogen (secondary N) is 1. The fraction of sp³-hybridized carbons (Fsp3) is 0.321. The van der Waals surface area contributed by atoms with Crippen LogP contribution in [0.2, 0.25) is 5.15 Å². The van der Waals surface area contributed by atoms with Gasteiger partial charge in [0.05, 0.1) is 17.6 Å². The van der Waals surface area contributed by atoms with Gasteiger partial charge in [-0.1, -0.05) is 54.1 Å². The topological polar surface area (TPSA) is 145 Å². The Morgan fingerprint density at radius 2 is 1.72 bits per heavy atom. The summed E-state index contributed by atoms with van der Waals surface area (Å²) in [5, 5.41) is 2.79. The minimum atomic E-state index is -0.515. The smallest absolute Gasteiger partial charge is 0.274 e. The molecule has 11 heteroatoms. The van der Waals surface area contributed by atoms with E-state index in [-0.39, 0.29) is 34.4 Å². The van der Waals surface area contributed by atoms with Crippen LogP contribution in [-0.2, 0) is 24.3 Å². The number of halogens is 1. The number of para-hydroxylation sites is 2. The van der Waals surface area contributed by atoms with Gasteiger partial charge in [-0.15, -0.1) is 0 Å². The van der Waals surface area contributed by atoms with E-state index < -0.39 is 5.91 Å². The van der Waals surface area contributed by atoms with Crippen molar-refractivity contribution in [1.29, 1.82) is 0 Å². The second-order valence-electron chi connectivity index (χ2n) is 10.0. The predicted molar refractivity (Wildman–Crippen MR) is 151 cm³/mol. The number of amides is 2. The molecule has 1 saturated heterocycles. The number of hydrogen-bond donors (Lipinski definition) is 3. The number of hydrogen-bond acceptors (Lipinski definition) is 7. The Morgan fingerprint density at radius 1 is 1.00 bits per heavy atom. The molecule has 2 amide bonds. The SMILES string of the molecule is Nc1nc(N)c(C(=O)NCc2nc3ccccc3n2CC2(CCc3ccccc3)CCN(C=O)CC2)nc1Cl. The van der Waals surface area contributed by atoms with Crippen LogP contribution in [0.3, 0.4) is 0 Å². The highest BCUT2D eigenvalue weighted by Crippen LogP contribution is 2.39. The molecule has 0 radical (unpaired) electrons. The number of carbonyl (C=O) groups excluding carboxylic acids is 2. The highest BCUT2D eigenvalue weighted by atomic mass is 35.5. The summed E-state index contributed by atoms with van der Waals surface area (Å²) < 4.78 is 2.20. The number of anilines is 2. The number of carbonyl (C=O) groups is 2. The lowest BCUT2D eigenvalue weighted by molar-refractivity contribution is -0.120. The number of piperidine rings is 1. The van der Waals surface area contributed by atoms with Gasteiger partial charge in [0.1, 0.15) is 5.82 Å². The van der Waals surface area contributed by atoms with Gasteiger partial charge in [0, 0.05) is 19.6 Å². The molecule has 1 fully saturated rings. The molecule has 5 N–H and O–H groups in total. The van der Waals surface area contributed by atoms with Crippen molar-refractivity contribution in [2.75, 3.05) is 24.6 Å². The first-order valence-corrected chi connectivity index (χ1v) is 13.3. The molecule has 3 heterocycles. The maximum atomic E-state index is 12.9. The molecule has 202 valence electrons. The zero-order valence-corrected chi connectivity index (χ0v) is 22.3. The zero-order chi connectivity index (χ0) is 27.4. The van der Waals surface area contributed by atoms with Crippen molar-refractivity contribution >= 4 is 46.6 Å². The maximum Gasteiger partial charge on any atom is 0.274 e. The number of aromatic nitrogens is 4. The molecule has 39 heavy (non-hydrogen) atoms. The van der Waals surface area contributed by atoms with Gasteiger partial charge < -0.3 is 26.3 Å². The van der Waals surface area contributed by atoms with Gasteiger partial charge in [0.15, 0.2) is 22.5 Å². The van der Waals surface area contributed by atoms with Crippen molar-refractivity contribution < 1.29 is 9.59 Å². The first-order valence-electron chi connectivity index (χ1n) is 12.9. The number of benzene rings is 2. The highest BCUT2D eigenvalue weighted by molar-refractivity contribution is 6.31.